The van der Waals surface area contributed by atoms with Crippen molar-refractivity contribution in [1.29, 1.82) is 0 Å². The standard InChI is InChI=1S/C26H21Cl2N3O6/c27-19-8-1-16(11-20(19)28)12-21(26(34)29-18-6-4-17(5-7-18)25(33)31-35)30-24(32)10-3-15-2-9-22-23(13-15)37-14-36-22/h1-11,13,21,35H,12,14H2,(H,29,34)(H,30,32)(H,31,33)/b10-3+/t21-/m0/s1. The van der Waals surface area contributed by atoms with Gasteiger partial charge in [-0.25, -0.2) is 5.48 Å². The third-order valence-electron chi connectivity index (χ3n) is 5.40. The Morgan fingerprint density at radius 2 is 1.70 bits per heavy atom. The molecule has 0 saturated heterocycles. The number of benzene rings is 3. The van der Waals surface area contributed by atoms with Gasteiger partial charge in [0.1, 0.15) is 6.04 Å². The van der Waals surface area contributed by atoms with E-state index in [4.69, 9.17) is 37.9 Å². The van der Waals surface area contributed by atoms with Gasteiger partial charge in [0.15, 0.2) is 11.5 Å². The zero-order valence-electron chi connectivity index (χ0n) is 19.2. The van der Waals surface area contributed by atoms with Gasteiger partial charge in [-0.1, -0.05) is 35.3 Å². The van der Waals surface area contributed by atoms with Crippen LogP contribution in [-0.4, -0.2) is 35.8 Å². The molecule has 3 aromatic carbocycles. The molecule has 4 N–H and O–H groups in total. The maximum absolute atomic E-state index is 13.1. The lowest BCUT2D eigenvalue weighted by molar-refractivity contribution is -0.123. The van der Waals surface area contributed by atoms with Gasteiger partial charge < -0.3 is 20.1 Å². The number of carbonyl (C=O) groups excluding carboxylic acids is 3. The van der Waals surface area contributed by atoms with Crippen molar-refractivity contribution in [3.63, 3.8) is 0 Å². The summed E-state index contributed by atoms with van der Waals surface area (Å²) in [4.78, 5) is 37.4. The summed E-state index contributed by atoms with van der Waals surface area (Å²) in [6.45, 7) is 0.145. The lowest BCUT2D eigenvalue weighted by Gasteiger charge is -2.18. The van der Waals surface area contributed by atoms with Gasteiger partial charge in [0, 0.05) is 23.7 Å². The quantitative estimate of drug-likeness (QED) is 0.192. The molecule has 0 fully saturated rings. The van der Waals surface area contributed by atoms with Crippen molar-refractivity contribution in [1.82, 2.24) is 10.8 Å². The summed E-state index contributed by atoms with van der Waals surface area (Å²) >= 11 is 12.1. The van der Waals surface area contributed by atoms with Crippen LogP contribution in [0.4, 0.5) is 5.69 Å². The molecule has 1 aliphatic heterocycles. The molecule has 37 heavy (non-hydrogen) atoms. The van der Waals surface area contributed by atoms with Gasteiger partial charge in [-0.15, -0.1) is 0 Å². The molecule has 1 heterocycles. The smallest absolute Gasteiger partial charge is 0.274 e. The van der Waals surface area contributed by atoms with E-state index in [9.17, 15) is 14.4 Å². The van der Waals surface area contributed by atoms with Crippen molar-refractivity contribution < 1.29 is 29.1 Å². The molecular formula is C26H21Cl2N3O6. The van der Waals surface area contributed by atoms with E-state index in [1.54, 1.807) is 42.5 Å². The van der Waals surface area contributed by atoms with E-state index in [0.717, 1.165) is 5.56 Å². The molecule has 4 rings (SSSR count). The van der Waals surface area contributed by atoms with Crippen LogP contribution in [0.3, 0.4) is 0 Å². The van der Waals surface area contributed by atoms with Crippen LogP contribution in [-0.2, 0) is 16.0 Å². The first-order chi connectivity index (χ1) is 17.8. The summed E-state index contributed by atoms with van der Waals surface area (Å²) in [7, 11) is 0. The number of amides is 3. The van der Waals surface area contributed by atoms with E-state index in [0.29, 0.717) is 32.8 Å². The Morgan fingerprint density at radius 1 is 0.946 bits per heavy atom. The topological polar surface area (TPSA) is 126 Å². The molecule has 0 aliphatic carbocycles. The second kappa shape index (κ2) is 11.8. The minimum absolute atomic E-state index is 0.136. The summed E-state index contributed by atoms with van der Waals surface area (Å²) in [6, 6.07) is 15.1. The maximum Gasteiger partial charge on any atom is 0.274 e. The van der Waals surface area contributed by atoms with Crippen LogP contribution in [0.25, 0.3) is 6.08 Å². The highest BCUT2D eigenvalue weighted by atomic mass is 35.5. The van der Waals surface area contributed by atoms with Gasteiger partial charge in [0.25, 0.3) is 5.91 Å². The second-order valence-corrected chi connectivity index (χ2v) is 8.78. The third-order valence-corrected chi connectivity index (χ3v) is 6.14. The average molecular weight is 542 g/mol. The molecule has 0 bridgehead atoms. The molecule has 9 nitrogen and oxygen atoms in total. The number of anilines is 1. The number of fused-ring (bicyclic) bond motifs is 1. The molecule has 0 unspecified atom stereocenters. The number of nitrogens with one attached hydrogen (secondary N) is 3. The zero-order chi connectivity index (χ0) is 26.4. The molecule has 1 aliphatic rings. The Morgan fingerprint density at radius 3 is 2.43 bits per heavy atom. The van der Waals surface area contributed by atoms with Gasteiger partial charge in [-0.3, -0.25) is 19.6 Å². The minimum Gasteiger partial charge on any atom is -0.454 e. The van der Waals surface area contributed by atoms with E-state index >= 15 is 0 Å². The van der Waals surface area contributed by atoms with Crippen LogP contribution in [0.1, 0.15) is 21.5 Å². The summed E-state index contributed by atoms with van der Waals surface area (Å²) in [5, 5.41) is 14.9. The monoisotopic (exact) mass is 541 g/mol. The number of hydrogen-bond acceptors (Lipinski definition) is 6. The molecule has 11 heteroatoms. The Bertz CT molecular complexity index is 1360. The van der Waals surface area contributed by atoms with Crippen LogP contribution in [0.15, 0.2) is 66.7 Å². The van der Waals surface area contributed by atoms with Crippen molar-refractivity contribution in [2.24, 2.45) is 0 Å². The number of rotatable bonds is 8. The van der Waals surface area contributed by atoms with E-state index in [-0.39, 0.29) is 18.8 Å². The number of hydrogen-bond donors (Lipinski definition) is 4. The summed E-state index contributed by atoms with van der Waals surface area (Å²) in [5.41, 5.74) is 3.54. The SMILES string of the molecule is O=C(/C=C/c1ccc2c(c1)OCO2)N[C@@H](Cc1ccc(Cl)c(Cl)c1)C(=O)Nc1ccc(C(=O)NO)cc1. The van der Waals surface area contributed by atoms with Crippen molar-refractivity contribution in [3.8, 4) is 11.5 Å². The van der Waals surface area contributed by atoms with Crippen LogP contribution < -0.4 is 25.6 Å². The first-order valence-electron chi connectivity index (χ1n) is 11.0. The number of carbonyl (C=O) groups is 3. The molecule has 3 amide bonds. The predicted octanol–water partition coefficient (Wildman–Crippen LogP) is 4.22. The van der Waals surface area contributed by atoms with Gasteiger partial charge in [0.2, 0.25) is 18.6 Å². The normalized spacial score (nSPS) is 12.7. The van der Waals surface area contributed by atoms with Gasteiger partial charge in [-0.05, 0) is 65.7 Å². The molecule has 0 aromatic heterocycles. The number of hydroxylamine groups is 1. The molecular weight excluding hydrogens is 521 g/mol. The average Bonchev–Trinajstić information content (AvgIpc) is 3.37. The van der Waals surface area contributed by atoms with Crippen molar-refractivity contribution in [2.45, 2.75) is 12.5 Å². The minimum atomic E-state index is -0.966. The van der Waals surface area contributed by atoms with Gasteiger partial charge >= 0.3 is 0 Å². The Balaban J connectivity index is 1.48. The fourth-order valence-corrected chi connectivity index (χ4v) is 3.84. The van der Waals surface area contributed by atoms with Crippen molar-refractivity contribution in [3.05, 3.63) is 93.5 Å². The van der Waals surface area contributed by atoms with Crippen LogP contribution in [0.2, 0.25) is 10.0 Å². The first kappa shape index (κ1) is 26.0. The largest absolute Gasteiger partial charge is 0.454 e. The van der Waals surface area contributed by atoms with Crippen LogP contribution in [0, 0.1) is 0 Å². The van der Waals surface area contributed by atoms with E-state index in [1.807, 2.05) is 0 Å². The summed E-state index contributed by atoms with van der Waals surface area (Å²) in [5.74, 6) is -0.452. The Kier molecular flexibility index (Phi) is 8.29. The Labute approximate surface area is 221 Å². The molecule has 0 saturated carbocycles. The van der Waals surface area contributed by atoms with Gasteiger partial charge in [-0.2, -0.15) is 0 Å². The van der Waals surface area contributed by atoms with Crippen LogP contribution >= 0.6 is 23.2 Å². The highest BCUT2D eigenvalue weighted by molar-refractivity contribution is 6.42. The molecule has 1 atom stereocenters. The van der Waals surface area contributed by atoms with E-state index in [1.165, 1.54) is 35.8 Å². The van der Waals surface area contributed by atoms with Crippen molar-refractivity contribution >= 4 is 52.7 Å². The van der Waals surface area contributed by atoms with Crippen molar-refractivity contribution in [2.75, 3.05) is 12.1 Å². The molecule has 0 spiro atoms. The summed E-state index contributed by atoms with van der Waals surface area (Å²) in [6.07, 6.45) is 3.04. The number of ether oxygens (including phenoxy) is 2. The second-order valence-electron chi connectivity index (χ2n) is 7.97. The Hall–Kier alpha value is -4.05. The first-order valence-corrected chi connectivity index (χ1v) is 11.8. The predicted molar refractivity (Wildman–Crippen MR) is 138 cm³/mol. The fraction of sp³-hybridized carbons (Fsp3) is 0.115. The molecule has 3 aromatic rings. The highest BCUT2D eigenvalue weighted by Crippen LogP contribution is 2.32. The van der Waals surface area contributed by atoms with E-state index < -0.39 is 23.8 Å². The fourth-order valence-electron chi connectivity index (χ4n) is 3.52. The number of halogens is 2. The van der Waals surface area contributed by atoms with E-state index in [2.05, 4.69) is 10.6 Å². The third kappa shape index (κ3) is 6.79. The zero-order valence-corrected chi connectivity index (χ0v) is 20.7. The molecule has 190 valence electrons. The van der Waals surface area contributed by atoms with Crippen LogP contribution in [0.5, 0.6) is 11.5 Å². The lowest BCUT2D eigenvalue weighted by Crippen LogP contribution is -2.44. The highest BCUT2D eigenvalue weighted by Gasteiger charge is 2.22. The van der Waals surface area contributed by atoms with Gasteiger partial charge in [0.05, 0.1) is 10.0 Å². The summed E-state index contributed by atoms with van der Waals surface area (Å²) < 4.78 is 10.6. The maximum atomic E-state index is 13.1. The molecule has 0 radical (unpaired) electrons. The lowest BCUT2D eigenvalue weighted by atomic mass is 10.0.